The van der Waals surface area contributed by atoms with Gasteiger partial charge in [-0.3, -0.25) is 14.8 Å². The van der Waals surface area contributed by atoms with E-state index in [9.17, 15) is 18.0 Å². The Kier molecular flexibility index (Phi) is 5.41. The highest BCUT2D eigenvalue weighted by atomic mass is 35.5. The van der Waals surface area contributed by atoms with Crippen molar-refractivity contribution in [2.45, 2.75) is 32.6 Å². The van der Waals surface area contributed by atoms with E-state index in [2.05, 4.69) is 20.5 Å². The van der Waals surface area contributed by atoms with Gasteiger partial charge in [-0.2, -0.15) is 18.3 Å². The van der Waals surface area contributed by atoms with Crippen molar-refractivity contribution in [2.75, 3.05) is 5.32 Å². The average molecular weight is 413 g/mol. The zero-order chi connectivity index (χ0) is 20.5. The Bertz CT molecular complexity index is 980. The Morgan fingerprint density at radius 3 is 2.54 bits per heavy atom. The molecular weight excluding hydrogens is 397 g/mol. The number of halogens is 4. The molecule has 3 rings (SSSR count). The lowest BCUT2D eigenvalue weighted by Gasteiger charge is -2.13. The van der Waals surface area contributed by atoms with Crippen LogP contribution in [-0.4, -0.2) is 30.5 Å². The zero-order valence-electron chi connectivity index (χ0n) is 14.9. The Hall–Kier alpha value is -2.88. The van der Waals surface area contributed by atoms with Crippen LogP contribution < -0.4 is 5.32 Å². The van der Waals surface area contributed by atoms with Crippen molar-refractivity contribution >= 4 is 23.5 Å². The number of aryl methyl sites for hydroxylation is 1. The molecule has 0 saturated carbocycles. The molecule has 1 unspecified atom stereocenters. The lowest BCUT2D eigenvalue weighted by molar-refractivity contribution is -0.141. The molecule has 148 valence electrons. The molecule has 1 atom stereocenters. The Balaban J connectivity index is 1.67. The molecule has 0 aliphatic rings. The van der Waals surface area contributed by atoms with Gasteiger partial charge in [-0.25, -0.2) is 9.67 Å². The van der Waals surface area contributed by atoms with Gasteiger partial charge in [-0.15, -0.1) is 5.10 Å². The molecule has 0 bridgehead atoms. The lowest BCUT2D eigenvalue weighted by Crippen LogP contribution is -2.26. The van der Waals surface area contributed by atoms with Gasteiger partial charge in [0.1, 0.15) is 12.4 Å². The van der Waals surface area contributed by atoms with E-state index in [4.69, 9.17) is 11.6 Å². The third kappa shape index (κ3) is 4.50. The number of amides is 1. The van der Waals surface area contributed by atoms with E-state index in [0.29, 0.717) is 11.6 Å². The maximum atomic E-state index is 12.8. The second-order valence-electron chi connectivity index (χ2n) is 6.17. The lowest BCUT2D eigenvalue weighted by atomic mass is 10.2. The Labute approximate surface area is 163 Å². The van der Waals surface area contributed by atoms with E-state index in [-0.39, 0.29) is 11.6 Å². The van der Waals surface area contributed by atoms with Crippen LogP contribution in [0.4, 0.5) is 19.1 Å². The van der Waals surface area contributed by atoms with Gasteiger partial charge in [-0.1, -0.05) is 23.7 Å². The molecular formula is C17H16ClF3N6O. The van der Waals surface area contributed by atoms with Crippen LogP contribution in [0, 0.1) is 6.92 Å². The summed E-state index contributed by atoms with van der Waals surface area (Å²) in [5.74, 6) is -0.532. The molecule has 0 spiro atoms. The van der Waals surface area contributed by atoms with Crippen molar-refractivity contribution in [3.05, 3.63) is 58.6 Å². The number of nitrogens with one attached hydrogen (secondary N) is 1. The minimum Gasteiger partial charge on any atom is -0.291 e. The third-order valence-corrected chi connectivity index (χ3v) is 4.24. The van der Waals surface area contributed by atoms with E-state index < -0.39 is 23.8 Å². The summed E-state index contributed by atoms with van der Waals surface area (Å²) < 4.78 is 40.9. The molecule has 0 radical (unpaired) electrons. The van der Waals surface area contributed by atoms with Crippen molar-refractivity contribution < 1.29 is 18.0 Å². The van der Waals surface area contributed by atoms with E-state index in [0.717, 1.165) is 16.3 Å². The summed E-state index contributed by atoms with van der Waals surface area (Å²) in [4.78, 5) is 16.4. The number of benzene rings is 1. The summed E-state index contributed by atoms with van der Waals surface area (Å²) in [7, 11) is 0. The van der Waals surface area contributed by atoms with Crippen LogP contribution in [0.1, 0.15) is 29.9 Å². The maximum Gasteiger partial charge on any atom is 0.435 e. The van der Waals surface area contributed by atoms with Crippen molar-refractivity contribution in [2.24, 2.45) is 0 Å². The van der Waals surface area contributed by atoms with Crippen LogP contribution in [0.2, 0.25) is 5.02 Å². The van der Waals surface area contributed by atoms with Crippen molar-refractivity contribution in [3.8, 4) is 0 Å². The molecule has 0 saturated heterocycles. The van der Waals surface area contributed by atoms with Gasteiger partial charge in [0.2, 0.25) is 5.95 Å². The number of hydrogen-bond acceptors (Lipinski definition) is 4. The Morgan fingerprint density at radius 2 is 1.93 bits per heavy atom. The summed E-state index contributed by atoms with van der Waals surface area (Å²) in [6.07, 6.45) is -3.13. The topological polar surface area (TPSA) is 77.6 Å². The molecule has 2 aromatic heterocycles. The number of aromatic nitrogens is 5. The van der Waals surface area contributed by atoms with Gasteiger partial charge in [0.25, 0.3) is 5.91 Å². The normalized spacial score (nSPS) is 12.8. The first-order valence-corrected chi connectivity index (χ1v) is 8.59. The quantitative estimate of drug-likeness (QED) is 0.693. The molecule has 11 heteroatoms. The first kappa shape index (κ1) is 19.9. The molecule has 0 aliphatic heterocycles. The molecule has 0 aliphatic carbocycles. The number of carbonyl (C=O) groups is 1. The highest BCUT2D eigenvalue weighted by Gasteiger charge is 2.35. The first-order valence-electron chi connectivity index (χ1n) is 8.21. The minimum atomic E-state index is -4.58. The van der Waals surface area contributed by atoms with Crippen molar-refractivity contribution in [1.29, 1.82) is 0 Å². The zero-order valence-corrected chi connectivity index (χ0v) is 15.7. The highest BCUT2D eigenvalue weighted by molar-refractivity contribution is 6.30. The molecule has 0 fully saturated rings. The Morgan fingerprint density at radius 1 is 1.25 bits per heavy atom. The summed E-state index contributed by atoms with van der Waals surface area (Å²) in [5, 5.41) is 10.7. The standard InChI is InChI=1S/C17H16ClF3N6O/c1-10-7-14(17(19,20)21)24-27(10)11(2)15(28)23-16-22-9-26(25-16)8-12-3-5-13(18)6-4-12/h3-7,9,11H,8H2,1-2H3,(H,23,25,28). The van der Waals surface area contributed by atoms with Gasteiger partial charge < -0.3 is 0 Å². The fourth-order valence-corrected chi connectivity index (χ4v) is 2.68. The fourth-order valence-electron chi connectivity index (χ4n) is 2.55. The maximum absolute atomic E-state index is 12.8. The minimum absolute atomic E-state index is 0.0478. The van der Waals surface area contributed by atoms with Gasteiger partial charge in [-0.05, 0) is 37.6 Å². The van der Waals surface area contributed by atoms with Crippen molar-refractivity contribution in [1.82, 2.24) is 24.5 Å². The van der Waals surface area contributed by atoms with Gasteiger partial charge >= 0.3 is 6.18 Å². The highest BCUT2D eigenvalue weighted by Crippen LogP contribution is 2.29. The average Bonchev–Trinajstić information content (AvgIpc) is 3.22. The SMILES string of the molecule is Cc1cc(C(F)(F)F)nn1C(C)C(=O)Nc1ncn(Cc2ccc(Cl)cc2)n1. The van der Waals surface area contributed by atoms with Crippen LogP contribution >= 0.6 is 11.6 Å². The number of hydrogen-bond donors (Lipinski definition) is 1. The molecule has 7 nitrogen and oxygen atoms in total. The predicted molar refractivity (Wildman–Crippen MR) is 95.9 cm³/mol. The van der Waals surface area contributed by atoms with Crippen LogP contribution in [0.5, 0.6) is 0 Å². The number of nitrogens with zero attached hydrogens (tertiary/aromatic N) is 5. The largest absolute Gasteiger partial charge is 0.435 e. The summed E-state index contributed by atoms with van der Waals surface area (Å²) in [5.41, 5.74) is 0.110. The van der Waals surface area contributed by atoms with Crippen LogP contribution in [-0.2, 0) is 17.5 Å². The summed E-state index contributed by atoms with van der Waals surface area (Å²) in [6.45, 7) is 3.31. The number of anilines is 1. The number of rotatable bonds is 5. The van der Waals surface area contributed by atoms with Crippen LogP contribution in [0.3, 0.4) is 0 Å². The molecule has 2 heterocycles. The van der Waals surface area contributed by atoms with Crippen LogP contribution in [0.15, 0.2) is 36.7 Å². The monoisotopic (exact) mass is 412 g/mol. The van der Waals surface area contributed by atoms with Gasteiger partial charge in [0.05, 0.1) is 6.54 Å². The van der Waals surface area contributed by atoms with E-state index >= 15 is 0 Å². The van der Waals surface area contributed by atoms with E-state index in [1.54, 1.807) is 12.1 Å². The van der Waals surface area contributed by atoms with E-state index in [1.165, 1.54) is 24.9 Å². The molecule has 28 heavy (non-hydrogen) atoms. The number of alkyl halides is 3. The first-order chi connectivity index (χ1) is 13.1. The fraction of sp³-hybridized carbons (Fsp3) is 0.294. The smallest absolute Gasteiger partial charge is 0.291 e. The summed E-state index contributed by atoms with van der Waals surface area (Å²) in [6, 6.07) is 7.09. The summed E-state index contributed by atoms with van der Waals surface area (Å²) >= 11 is 5.84. The third-order valence-electron chi connectivity index (χ3n) is 3.99. The molecule has 1 amide bonds. The number of carbonyl (C=O) groups excluding carboxylic acids is 1. The predicted octanol–water partition coefficient (Wildman–Crippen LogP) is 3.70. The second-order valence-corrected chi connectivity index (χ2v) is 6.61. The molecule has 3 aromatic rings. The van der Waals surface area contributed by atoms with Gasteiger partial charge in [0, 0.05) is 10.7 Å². The van der Waals surface area contributed by atoms with Crippen molar-refractivity contribution in [3.63, 3.8) is 0 Å². The van der Waals surface area contributed by atoms with E-state index in [1.807, 2.05) is 12.1 Å². The molecule has 1 aromatic carbocycles. The second kappa shape index (κ2) is 7.63. The molecule has 1 N–H and O–H groups in total. The van der Waals surface area contributed by atoms with Crippen LogP contribution in [0.25, 0.3) is 0 Å². The van der Waals surface area contributed by atoms with Gasteiger partial charge in [0.15, 0.2) is 5.69 Å².